The van der Waals surface area contributed by atoms with E-state index in [9.17, 15) is 4.79 Å². The van der Waals surface area contributed by atoms with Gasteiger partial charge in [0.15, 0.2) is 5.71 Å². The molecule has 0 N–H and O–H groups in total. The second kappa shape index (κ2) is 5.05. The Morgan fingerprint density at radius 2 is 1.94 bits per heavy atom. The largest absolute Gasteiger partial charge is 0.287 e. The maximum absolute atomic E-state index is 12.2. The van der Waals surface area contributed by atoms with Crippen LogP contribution >= 0.6 is 0 Å². The van der Waals surface area contributed by atoms with Crippen LogP contribution in [0.15, 0.2) is 30.3 Å². The van der Waals surface area contributed by atoms with E-state index in [1.807, 2.05) is 30.3 Å². The molecule has 3 rings (SSSR count). The maximum Gasteiger partial charge on any atom is 0.227 e. The molecule has 1 unspecified atom stereocenters. The minimum Gasteiger partial charge on any atom is -0.287 e. The second-order valence-corrected chi connectivity index (χ2v) is 5.43. The molecule has 1 heterocycles. The van der Waals surface area contributed by atoms with Gasteiger partial charge in [-0.05, 0) is 19.3 Å². The van der Waals surface area contributed by atoms with Gasteiger partial charge in [-0.3, -0.25) is 4.79 Å². The molecule has 1 fully saturated rings. The predicted octanol–water partition coefficient (Wildman–Crippen LogP) is 2.92. The van der Waals surface area contributed by atoms with Crippen LogP contribution in [0.4, 0.5) is 0 Å². The van der Waals surface area contributed by atoms with Crippen LogP contribution in [0.25, 0.3) is 0 Å². The van der Waals surface area contributed by atoms with E-state index in [-0.39, 0.29) is 5.78 Å². The summed E-state index contributed by atoms with van der Waals surface area (Å²) in [4.78, 5) is 12.2. The van der Waals surface area contributed by atoms with Crippen LogP contribution in [0.5, 0.6) is 0 Å². The fraction of sp³-hybridized carbons (Fsp3) is 0.500. The second-order valence-electron chi connectivity index (χ2n) is 5.43. The number of carbonyl (C=O) groups is 1. The molecule has 1 saturated carbocycles. The van der Waals surface area contributed by atoms with Gasteiger partial charge in [-0.1, -0.05) is 30.3 Å². The number of fused-ring (bicyclic) bond motifs is 1. The van der Waals surface area contributed by atoms with Gasteiger partial charge in [0.2, 0.25) is 12.3 Å². The molecule has 1 atom stereocenters. The number of benzene rings is 1. The highest BCUT2D eigenvalue weighted by Crippen LogP contribution is 2.29. The average molecular weight is 242 g/mol. The Labute approximate surface area is 108 Å². The Kier molecular flexibility index (Phi) is 3.26. The van der Waals surface area contributed by atoms with Crippen molar-refractivity contribution in [1.82, 2.24) is 0 Å². The summed E-state index contributed by atoms with van der Waals surface area (Å²) in [5, 5.41) is 0. The molecule has 1 aliphatic heterocycles. The molecule has 0 aromatic heterocycles. The molecule has 1 aromatic rings. The van der Waals surface area contributed by atoms with E-state index in [2.05, 4.69) is 4.58 Å². The third-order valence-corrected chi connectivity index (χ3v) is 4.27. The predicted molar refractivity (Wildman–Crippen MR) is 72.3 cm³/mol. The van der Waals surface area contributed by atoms with Gasteiger partial charge in [-0.2, -0.15) is 0 Å². The Balaban J connectivity index is 1.78. The van der Waals surface area contributed by atoms with E-state index in [1.54, 1.807) is 5.71 Å². The fourth-order valence-electron chi connectivity index (χ4n) is 3.37. The van der Waals surface area contributed by atoms with Crippen molar-refractivity contribution in [2.75, 3.05) is 13.1 Å². The van der Waals surface area contributed by atoms with Crippen molar-refractivity contribution in [2.45, 2.75) is 32.1 Å². The Morgan fingerprint density at radius 3 is 2.78 bits per heavy atom. The summed E-state index contributed by atoms with van der Waals surface area (Å²) in [5.41, 5.74) is 2.41. The molecule has 0 amide bonds. The van der Waals surface area contributed by atoms with E-state index in [0.717, 1.165) is 18.0 Å². The van der Waals surface area contributed by atoms with Crippen LogP contribution in [0.3, 0.4) is 0 Å². The number of hydrogen-bond acceptors (Lipinski definition) is 1. The number of hydrogen-bond donors (Lipinski definition) is 0. The quantitative estimate of drug-likeness (QED) is 0.589. The van der Waals surface area contributed by atoms with Gasteiger partial charge in [-0.15, -0.1) is 0 Å². The average Bonchev–Trinajstić information content (AvgIpc) is 2.89. The lowest BCUT2D eigenvalue weighted by Crippen LogP contribution is -2.34. The first-order valence-corrected chi connectivity index (χ1v) is 7.03. The number of nitrogens with zero attached hydrogens (tertiary/aromatic N) is 1. The van der Waals surface area contributed by atoms with Gasteiger partial charge >= 0.3 is 0 Å². The molecule has 0 spiro atoms. The van der Waals surface area contributed by atoms with Gasteiger partial charge in [-0.25, -0.2) is 4.58 Å². The molecule has 94 valence electrons. The van der Waals surface area contributed by atoms with Crippen molar-refractivity contribution >= 4 is 11.5 Å². The van der Waals surface area contributed by atoms with Gasteiger partial charge in [0.1, 0.15) is 6.54 Å². The van der Waals surface area contributed by atoms with Crippen molar-refractivity contribution in [1.29, 1.82) is 0 Å². The van der Waals surface area contributed by atoms with E-state index in [0.29, 0.717) is 6.54 Å². The first-order chi connectivity index (χ1) is 8.84. The van der Waals surface area contributed by atoms with Crippen molar-refractivity contribution in [2.24, 2.45) is 5.92 Å². The lowest BCUT2D eigenvalue weighted by Gasteiger charge is -2.17. The Morgan fingerprint density at radius 1 is 1.17 bits per heavy atom. The van der Waals surface area contributed by atoms with Gasteiger partial charge in [0, 0.05) is 24.3 Å². The number of rotatable bonds is 3. The zero-order valence-corrected chi connectivity index (χ0v) is 10.8. The molecule has 18 heavy (non-hydrogen) atoms. The Bertz CT molecular complexity index is 475. The van der Waals surface area contributed by atoms with Crippen molar-refractivity contribution in [3.8, 4) is 0 Å². The normalized spacial score (nSPS) is 23.0. The molecular weight excluding hydrogens is 222 g/mol. The first-order valence-electron chi connectivity index (χ1n) is 7.03. The zero-order valence-electron chi connectivity index (χ0n) is 10.8. The summed E-state index contributed by atoms with van der Waals surface area (Å²) in [7, 11) is 0. The van der Waals surface area contributed by atoms with Crippen LogP contribution < -0.4 is 0 Å². The number of carbonyl (C=O) groups excluding carboxylic acids is 1. The van der Waals surface area contributed by atoms with Crippen LogP contribution in [-0.4, -0.2) is 29.2 Å². The van der Waals surface area contributed by atoms with Crippen molar-refractivity contribution in [3.05, 3.63) is 35.9 Å². The van der Waals surface area contributed by atoms with Crippen LogP contribution in [0, 0.1) is 5.92 Å². The van der Waals surface area contributed by atoms with E-state index < -0.39 is 0 Å². The highest BCUT2D eigenvalue weighted by Gasteiger charge is 2.34. The van der Waals surface area contributed by atoms with E-state index in [1.165, 1.54) is 32.1 Å². The minimum absolute atomic E-state index is 0.260. The monoisotopic (exact) mass is 242 g/mol. The van der Waals surface area contributed by atoms with Crippen LogP contribution in [-0.2, 0) is 0 Å². The Hall–Kier alpha value is -1.44. The van der Waals surface area contributed by atoms with Gasteiger partial charge in [0.05, 0.1) is 0 Å². The highest BCUT2D eigenvalue weighted by molar-refractivity contribution is 5.97. The summed E-state index contributed by atoms with van der Waals surface area (Å²) >= 11 is 0. The maximum atomic E-state index is 12.2. The lowest BCUT2D eigenvalue weighted by molar-refractivity contribution is -0.522. The molecule has 1 aliphatic carbocycles. The molecule has 0 radical (unpaired) electrons. The van der Waals surface area contributed by atoms with E-state index in [4.69, 9.17) is 0 Å². The minimum atomic E-state index is 0.260. The molecule has 2 aliphatic rings. The van der Waals surface area contributed by atoms with Crippen LogP contribution in [0.2, 0.25) is 0 Å². The summed E-state index contributed by atoms with van der Waals surface area (Å²) in [5.74, 6) is 1.04. The first kappa shape index (κ1) is 11.6. The van der Waals surface area contributed by atoms with Gasteiger partial charge < -0.3 is 0 Å². The third-order valence-electron chi connectivity index (χ3n) is 4.27. The number of ketones is 1. The van der Waals surface area contributed by atoms with Gasteiger partial charge in [0.25, 0.3) is 0 Å². The zero-order chi connectivity index (χ0) is 12.4. The van der Waals surface area contributed by atoms with Crippen LogP contribution in [0.1, 0.15) is 42.5 Å². The summed E-state index contributed by atoms with van der Waals surface area (Å²) in [6.45, 7) is 1.65. The fourth-order valence-corrected chi connectivity index (χ4v) is 3.37. The number of Topliss-reactive ketones (excluding diaryl/α,β-unsaturated/α-hetero) is 1. The topological polar surface area (TPSA) is 20.1 Å². The third kappa shape index (κ3) is 2.24. The van der Waals surface area contributed by atoms with Crippen molar-refractivity contribution in [3.63, 3.8) is 0 Å². The SMILES string of the molecule is O=C(C[N+]1=C2CCCC2CCC1)c1ccccc1. The summed E-state index contributed by atoms with van der Waals surface area (Å²) in [6, 6.07) is 9.68. The molecule has 1 aromatic carbocycles. The molecule has 2 heteroatoms. The molecular formula is C16H20NO+. The lowest BCUT2D eigenvalue weighted by atomic mass is 9.96. The summed E-state index contributed by atoms with van der Waals surface area (Å²) in [6.07, 6.45) is 6.45. The molecule has 0 bridgehead atoms. The molecule has 0 saturated heterocycles. The highest BCUT2D eigenvalue weighted by atomic mass is 16.1. The molecule has 2 nitrogen and oxygen atoms in total. The smallest absolute Gasteiger partial charge is 0.227 e. The standard InChI is InChI=1S/C16H20NO/c18-16(14-6-2-1-3-7-14)12-17-11-5-9-13-8-4-10-15(13)17/h1-3,6-7,13H,4-5,8-12H2/q+1. The van der Waals surface area contributed by atoms with Crippen molar-refractivity contribution < 1.29 is 9.37 Å². The summed E-state index contributed by atoms with van der Waals surface area (Å²) < 4.78 is 2.36. The van der Waals surface area contributed by atoms with E-state index >= 15 is 0 Å².